The van der Waals surface area contributed by atoms with E-state index in [1.807, 2.05) is 88.4 Å². The SMILES string of the molecule is CC[C@H](C)[C@@H]([C@@H](CC(=O)N1CCC[C@H]1[C@H](OC)[C@@H](C)C(=O)N[C@@H](Cc1ccccc1)CS(N)(=O)=O)OC)N(C)C(=O)[C@@H](NC(=O)OCc1ccccc1)C(C)C. The number of nitrogens with two attached hydrogens (primary N) is 1. The van der Waals surface area contributed by atoms with Crippen LogP contribution in [-0.4, -0.2) is 112 Å². The molecule has 0 saturated carbocycles. The number of nitrogens with one attached hydrogen (secondary N) is 2. The summed E-state index contributed by atoms with van der Waals surface area (Å²) >= 11 is 0. The molecule has 0 bridgehead atoms. The van der Waals surface area contributed by atoms with Gasteiger partial charge in [0.25, 0.3) is 0 Å². The average Bonchev–Trinajstić information content (AvgIpc) is 3.65. The van der Waals surface area contributed by atoms with Crippen molar-refractivity contribution in [3.63, 3.8) is 0 Å². The van der Waals surface area contributed by atoms with E-state index in [9.17, 15) is 27.6 Å². The number of nitrogens with zero attached hydrogens (tertiary/aromatic N) is 2. The van der Waals surface area contributed by atoms with Gasteiger partial charge in [-0.15, -0.1) is 0 Å². The molecule has 2 aromatic rings. The van der Waals surface area contributed by atoms with Crippen molar-refractivity contribution < 1.29 is 41.8 Å². The maximum absolute atomic E-state index is 14.2. The topological polar surface area (TPSA) is 187 Å². The van der Waals surface area contributed by atoms with Gasteiger partial charge in [-0.25, -0.2) is 18.4 Å². The second-order valence-electron chi connectivity index (χ2n) is 15.2. The van der Waals surface area contributed by atoms with Crippen molar-refractivity contribution in [1.82, 2.24) is 20.4 Å². The van der Waals surface area contributed by atoms with Crippen LogP contribution in [0.15, 0.2) is 60.7 Å². The number of alkyl carbamates (subject to hydrolysis) is 1. The van der Waals surface area contributed by atoms with Crippen LogP contribution in [0.25, 0.3) is 0 Å². The Balaban J connectivity index is 1.74. The minimum absolute atomic E-state index is 0.0387. The van der Waals surface area contributed by atoms with E-state index in [-0.39, 0.29) is 43.1 Å². The molecule has 4 amide bonds. The lowest BCUT2D eigenvalue weighted by molar-refractivity contribution is -0.147. The van der Waals surface area contributed by atoms with E-state index in [0.717, 1.165) is 11.1 Å². The maximum Gasteiger partial charge on any atom is 0.408 e. The van der Waals surface area contributed by atoms with E-state index in [2.05, 4.69) is 10.6 Å². The molecule has 8 atom stereocenters. The van der Waals surface area contributed by atoms with Crippen molar-refractivity contribution in [2.45, 2.75) is 110 Å². The second-order valence-corrected chi connectivity index (χ2v) is 16.9. The first-order chi connectivity index (χ1) is 26.5. The van der Waals surface area contributed by atoms with Crippen LogP contribution in [-0.2, 0) is 51.6 Å². The minimum atomic E-state index is -3.90. The van der Waals surface area contributed by atoms with Gasteiger partial charge >= 0.3 is 6.09 Å². The fourth-order valence-corrected chi connectivity index (χ4v) is 8.36. The van der Waals surface area contributed by atoms with Crippen molar-refractivity contribution in [3.05, 3.63) is 71.8 Å². The minimum Gasteiger partial charge on any atom is -0.445 e. The summed E-state index contributed by atoms with van der Waals surface area (Å²) < 4.78 is 41.5. The van der Waals surface area contributed by atoms with Crippen LogP contribution in [0.3, 0.4) is 0 Å². The van der Waals surface area contributed by atoms with Crippen LogP contribution in [0.1, 0.15) is 71.4 Å². The van der Waals surface area contributed by atoms with Gasteiger partial charge in [0.05, 0.1) is 42.4 Å². The normalized spacial score (nSPS) is 18.2. The van der Waals surface area contributed by atoms with Gasteiger partial charge in [0.2, 0.25) is 27.7 Å². The number of methoxy groups -OCH3 is 2. The van der Waals surface area contributed by atoms with Crippen molar-refractivity contribution >= 4 is 33.8 Å². The summed E-state index contributed by atoms with van der Waals surface area (Å²) in [7, 11) is 0.779. The molecule has 1 saturated heterocycles. The first-order valence-corrected chi connectivity index (χ1v) is 21.2. The first kappa shape index (κ1) is 46.3. The number of ether oxygens (including phenoxy) is 3. The predicted octanol–water partition coefficient (Wildman–Crippen LogP) is 3.87. The van der Waals surface area contributed by atoms with E-state index < -0.39 is 70.1 Å². The first-order valence-electron chi connectivity index (χ1n) is 19.4. The maximum atomic E-state index is 14.2. The Kier molecular flexibility index (Phi) is 18.2. The number of hydrogen-bond donors (Lipinski definition) is 3. The van der Waals surface area contributed by atoms with Crippen LogP contribution in [0, 0.1) is 17.8 Å². The van der Waals surface area contributed by atoms with Crippen molar-refractivity contribution in [2.24, 2.45) is 22.9 Å². The smallest absolute Gasteiger partial charge is 0.408 e. The molecule has 14 nitrogen and oxygen atoms in total. The quantitative estimate of drug-likeness (QED) is 0.169. The van der Waals surface area contributed by atoms with Gasteiger partial charge < -0.3 is 34.6 Å². The monoisotopic (exact) mass is 801 g/mol. The van der Waals surface area contributed by atoms with E-state index in [1.54, 1.807) is 23.8 Å². The molecule has 0 unspecified atom stereocenters. The summed E-state index contributed by atoms with van der Waals surface area (Å²) in [5.74, 6) is -2.48. The van der Waals surface area contributed by atoms with Crippen molar-refractivity contribution in [1.29, 1.82) is 0 Å². The Morgan fingerprint density at radius 1 is 0.929 bits per heavy atom. The van der Waals surface area contributed by atoms with Crippen LogP contribution in [0.5, 0.6) is 0 Å². The summed E-state index contributed by atoms with van der Waals surface area (Å²) in [6, 6.07) is 15.9. The highest BCUT2D eigenvalue weighted by Gasteiger charge is 2.43. The molecule has 1 aliphatic rings. The number of hydrogen-bond acceptors (Lipinski definition) is 9. The number of likely N-dealkylation sites (N-methyl/N-ethyl adjacent to an activating group) is 1. The van der Waals surface area contributed by atoms with Gasteiger partial charge in [-0.3, -0.25) is 14.4 Å². The average molecular weight is 802 g/mol. The lowest BCUT2D eigenvalue weighted by atomic mass is 9.89. The fraction of sp³-hybridized carbons (Fsp3) is 0.610. The van der Waals surface area contributed by atoms with Gasteiger partial charge in [0.1, 0.15) is 12.6 Å². The largest absolute Gasteiger partial charge is 0.445 e. The Hall–Kier alpha value is -4.05. The number of carbonyl (C=O) groups excluding carboxylic acids is 4. The molecule has 4 N–H and O–H groups in total. The number of likely N-dealkylation sites (tertiary alicyclic amines) is 1. The zero-order chi connectivity index (χ0) is 41.6. The predicted molar refractivity (Wildman–Crippen MR) is 215 cm³/mol. The fourth-order valence-electron chi connectivity index (χ4n) is 7.59. The molecule has 1 aliphatic heterocycles. The summed E-state index contributed by atoms with van der Waals surface area (Å²) in [5, 5.41) is 11.0. The number of benzene rings is 2. The Morgan fingerprint density at radius 2 is 1.54 bits per heavy atom. The molecule has 15 heteroatoms. The van der Waals surface area contributed by atoms with E-state index in [4.69, 9.17) is 19.3 Å². The van der Waals surface area contributed by atoms with Crippen LogP contribution in [0.2, 0.25) is 0 Å². The van der Waals surface area contributed by atoms with E-state index in [0.29, 0.717) is 25.8 Å². The number of rotatable bonds is 21. The second kappa shape index (κ2) is 22.0. The molecule has 3 rings (SSSR count). The summed E-state index contributed by atoms with van der Waals surface area (Å²) in [6.45, 7) is 9.89. The van der Waals surface area contributed by atoms with Gasteiger partial charge in [0, 0.05) is 33.9 Å². The standard InChI is InChI=1S/C41H63N5O9S/c1-9-28(4)37(45(6)40(49)36(27(2)3)44-41(50)55-25-31-19-14-11-15-20-31)34(53-7)24-35(47)46-22-16-21-33(46)38(54-8)29(5)39(48)43-32(26-56(42,51)52)23-30-17-12-10-13-18-30/h10-15,17-20,27-29,32-34,36-38H,9,16,21-26H2,1-8H3,(H,43,48)(H,44,50)(H2,42,51,52)/t28-,29+,32-,33-,34+,36-,37-,38+/m0/s1. The zero-order valence-electron chi connectivity index (χ0n) is 34.2. The molecule has 0 radical (unpaired) electrons. The van der Waals surface area contributed by atoms with Crippen LogP contribution < -0.4 is 15.8 Å². The highest BCUT2D eigenvalue weighted by Crippen LogP contribution is 2.30. The Labute approximate surface area is 333 Å². The molecule has 0 aromatic heterocycles. The third kappa shape index (κ3) is 13.6. The lowest BCUT2D eigenvalue weighted by Gasteiger charge is -2.40. The summed E-state index contributed by atoms with van der Waals surface area (Å²) in [6.07, 6.45) is 0.117. The van der Waals surface area contributed by atoms with Gasteiger partial charge in [-0.1, -0.05) is 102 Å². The third-order valence-electron chi connectivity index (χ3n) is 10.8. The summed E-state index contributed by atoms with van der Waals surface area (Å²) in [5.41, 5.74) is 1.66. The molecule has 312 valence electrons. The van der Waals surface area contributed by atoms with Gasteiger partial charge in [0.15, 0.2) is 0 Å². The number of sulfonamides is 1. The van der Waals surface area contributed by atoms with E-state index >= 15 is 0 Å². The Morgan fingerprint density at radius 3 is 2.07 bits per heavy atom. The highest BCUT2D eigenvalue weighted by atomic mass is 32.2. The molecule has 2 aromatic carbocycles. The highest BCUT2D eigenvalue weighted by molar-refractivity contribution is 7.89. The molecule has 0 aliphatic carbocycles. The van der Waals surface area contributed by atoms with Gasteiger partial charge in [-0.05, 0) is 42.2 Å². The van der Waals surface area contributed by atoms with Crippen molar-refractivity contribution in [3.8, 4) is 0 Å². The lowest BCUT2D eigenvalue weighted by Crippen LogP contribution is -2.58. The third-order valence-corrected chi connectivity index (χ3v) is 11.6. The molecular formula is C41H63N5O9S. The Bertz CT molecular complexity index is 1660. The molecule has 1 heterocycles. The molecule has 0 spiro atoms. The summed E-state index contributed by atoms with van der Waals surface area (Å²) in [4.78, 5) is 58.1. The van der Waals surface area contributed by atoms with Crippen molar-refractivity contribution in [2.75, 3.05) is 33.6 Å². The number of primary sulfonamides is 1. The van der Waals surface area contributed by atoms with Gasteiger partial charge in [-0.2, -0.15) is 0 Å². The number of carbonyl (C=O) groups is 4. The van der Waals surface area contributed by atoms with E-state index in [1.165, 1.54) is 14.2 Å². The molecule has 1 fully saturated rings. The van der Waals surface area contributed by atoms with Crippen LogP contribution in [0.4, 0.5) is 4.79 Å². The zero-order valence-corrected chi connectivity index (χ0v) is 35.0. The molecular weight excluding hydrogens is 739 g/mol. The van der Waals surface area contributed by atoms with Crippen LogP contribution >= 0.6 is 0 Å². The molecule has 56 heavy (non-hydrogen) atoms. The number of amides is 4.